The molecule has 7 heteroatoms. The van der Waals surface area contributed by atoms with Gasteiger partial charge in [-0.05, 0) is 70.9 Å². The molecule has 0 unspecified atom stereocenters. The van der Waals surface area contributed by atoms with Gasteiger partial charge in [0.1, 0.15) is 22.9 Å². The minimum absolute atomic E-state index is 0.0378. The number of carbonyl (C=O) groups is 2. The van der Waals surface area contributed by atoms with Crippen LogP contribution >= 0.6 is 15.9 Å². The van der Waals surface area contributed by atoms with Gasteiger partial charge in [0.05, 0.1) is 4.47 Å². The highest BCUT2D eigenvalue weighted by Gasteiger charge is 2.16. The Labute approximate surface area is 181 Å². The number of aliphatic carboxylic acids is 1. The molecule has 3 aromatic rings. The molecule has 152 valence electrons. The minimum Gasteiger partial charge on any atom is -0.508 e. The molecule has 0 spiro atoms. The number of carboxylic acids is 1. The Hall–Kier alpha value is -3.58. The molecule has 0 heterocycles. The highest BCUT2D eigenvalue weighted by molar-refractivity contribution is 9.10. The number of phenols is 1. The smallest absolute Gasteiger partial charge is 0.352 e. The van der Waals surface area contributed by atoms with E-state index in [0.717, 1.165) is 4.47 Å². The van der Waals surface area contributed by atoms with Crippen molar-refractivity contribution in [3.8, 4) is 17.2 Å². The van der Waals surface area contributed by atoms with Gasteiger partial charge < -0.3 is 20.3 Å². The van der Waals surface area contributed by atoms with Crippen LogP contribution in [0.1, 0.15) is 21.5 Å². The number of phenolic OH excluding ortho intramolecular Hbond substituents is 1. The Morgan fingerprint density at radius 1 is 1.00 bits per heavy atom. The standard InChI is InChI=1S/C23H18BrNO5/c1-14-17(5-4-7-20(14)26)22(27)25-19(23(28)29)13-15-9-11-16(12-10-15)30-21-8-3-2-6-18(21)24/h2-13,26H,1H3,(H,25,27)(H,28,29)/b19-13+. The van der Waals surface area contributed by atoms with Crippen molar-refractivity contribution in [2.24, 2.45) is 0 Å². The van der Waals surface area contributed by atoms with E-state index in [1.165, 1.54) is 24.3 Å². The third kappa shape index (κ3) is 5.07. The second-order valence-electron chi connectivity index (χ2n) is 6.37. The fourth-order valence-electron chi connectivity index (χ4n) is 2.66. The first-order valence-corrected chi connectivity index (χ1v) is 9.72. The van der Waals surface area contributed by atoms with Crippen molar-refractivity contribution in [3.63, 3.8) is 0 Å². The van der Waals surface area contributed by atoms with Crippen LogP contribution < -0.4 is 10.1 Å². The molecule has 1 amide bonds. The largest absolute Gasteiger partial charge is 0.508 e. The van der Waals surface area contributed by atoms with E-state index in [-0.39, 0.29) is 17.0 Å². The molecule has 6 nitrogen and oxygen atoms in total. The summed E-state index contributed by atoms with van der Waals surface area (Å²) in [4.78, 5) is 24.1. The third-order valence-electron chi connectivity index (χ3n) is 4.28. The number of carboxylic acid groups (broad SMARTS) is 1. The van der Waals surface area contributed by atoms with E-state index >= 15 is 0 Å². The van der Waals surface area contributed by atoms with Crippen LogP contribution in [0.25, 0.3) is 6.08 Å². The number of para-hydroxylation sites is 1. The van der Waals surface area contributed by atoms with Crippen LogP contribution in [-0.2, 0) is 4.79 Å². The summed E-state index contributed by atoms with van der Waals surface area (Å²) in [6, 6.07) is 18.7. The van der Waals surface area contributed by atoms with Crippen molar-refractivity contribution < 1.29 is 24.5 Å². The first-order chi connectivity index (χ1) is 14.3. The zero-order valence-electron chi connectivity index (χ0n) is 15.9. The molecular weight excluding hydrogens is 450 g/mol. The molecule has 0 fully saturated rings. The summed E-state index contributed by atoms with van der Waals surface area (Å²) in [5.41, 5.74) is 0.842. The fraction of sp³-hybridized carbons (Fsp3) is 0.0435. The first-order valence-electron chi connectivity index (χ1n) is 8.92. The van der Waals surface area contributed by atoms with Gasteiger partial charge in [0, 0.05) is 11.1 Å². The summed E-state index contributed by atoms with van der Waals surface area (Å²) in [5.74, 6) is -0.708. The van der Waals surface area contributed by atoms with Gasteiger partial charge in [0.2, 0.25) is 0 Å². The van der Waals surface area contributed by atoms with Crippen molar-refractivity contribution in [3.05, 3.63) is 93.6 Å². The van der Waals surface area contributed by atoms with Gasteiger partial charge in [-0.2, -0.15) is 0 Å². The molecule has 3 aromatic carbocycles. The van der Waals surface area contributed by atoms with Gasteiger partial charge in [0.15, 0.2) is 0 Å². The third-order valence-corrected chi connectivity index (χ3v) is 4.94. The van der Waals surface area contributed by atoms with Gasteiger partial charge in [-0.15, -0.1) is 0 Å². The summed E-state index contributed by atoms with van der Waals surface area (Å²) in [7, 11) is 0. The number of benzene rings is 3. The van der Waals surface area contributed by atoms with Gasteiger partial charge >= 0.3 is 5.97 Å². The number of aromatic hydroxyl groups is 1. The average Bonchev–Trinajstić information content (AvgIpc) is 2.72. The van der Waals surface area contributed by atoms with Gasteiger partial charge in [-0.25, -0.2) is 4.79 Å². The summed E-state index contributed by atoms with van der Waals surface area (Å²) in [5, 5.41) is 21.6. The maximum absolute atomic E-state index is 12.5. The molecule has 0 aliphatic heterocycles. The van der Waals surface area contributed by atoms with Crippen molar-refractivity contribution in [1.82, 2.24) is 5.32 Å². The number of amides is 1. The number of carbonyl (C=O) groups excluding carboxylic acids is 1. The molecule has 30 heavy (non-hydrogen) atoms. The number of halogens is 1. The van der Waals surface area contributed by atoms with E-state index < -0.39 is 11.9 Å². The Kier molecular flexibility index (Phi) is 6.54. The van der Waals surface area contributed by atoms with Crippen LogP contribution in [0.3, 0.4) is 0 Å². The van der Waals surface area contributed by atoms with E-state index in [9.17, 15) is 19.8 Å². The zero-order valence-corrected chi connectivity index (χ0v) is 17.5. The number of nitrogens with one attached hydrogen (secondary N) is 1. The van der Waals surface area contributed by atoms with Crippen molar-refractivity contribution in [2.45, 2.75) is 6.92 Å². The summed E-state index contributed by atoms with van der Waals surface area (Å²) in [6.45, 7) is 1.58. The van der Waals surface area contributed by atoms with Crippen LogP contribution in [0.4, 0.5) is 0 Å². The number of hydrogen-bond donors (Lipinski definition) is 3. The Morgan fingerprint density at radius 2 is 1.70 bits per heavy atom. The summed E-state index contributed by atoms with van der Waals surface area (Å²) < 4.78 is 6.60. The Balaban J connectivity index is 1.78. The lowest BCUT2D eigenvalue weighted by molar-refractivity contribution is -0.132. The van der Waals surface area contributed by atoms with Gasteiger partial charge in [-0.3, -0.25) is 4.79 Å². The van der Waals surface area contributed by atoms with E-state index in [1.807, 2.05) is 24.3 Å². The number of hydrogen-bond acceptors (Lipinski definition) is 4. The molecule has 0 bridgehead atoms. The monoisotopic (exact) mass is 467 g/mol. The Morgan fingerprint density at radius 3 is 2.37 bits per heavy atom. The second kappa shape index (κ2) is 9.28. The average molecular weight is 468 g/mol. The SMILES string of the molecule is Cc1c(O)cccc1C(=O)N/C(=C/c1ccc(Oc2ccccc2Br)cc1)C(=O)O. The van der Waals surface area contributed by atoms with Gasteiger partial charge in [-0.1, -0.05) is 30.3 Å². The van der Waals surface area contributed by atoms with E-state index in [0.29, 0.717) is 22.6 Å². The van der Waals surface area contributed by atoms with Crippen LogP contribution in [0.15, 0.2) is 76.9 Å². The molecule has 0 atom stereocenters. The normalized spacial score (nSPS) is 11.1. The molecule has 0 radical (unpaired) electrons. The van der Waals surface area contributed by atoms with E-state index in [1.54, 1.807) is 31.2 Å². The maximum atomic E-state index is 12.5. The lowest BCUT2D eigenvalue weighted by atomic mass is 10.1. The second-order valence-corrected chi connectivity index (χ2v) is 7.22. The van der Waals surface area contributed by atoms with Crippen LogP contribution in [0.5, 0.6) is 17.2 Å². The predicted molar refractivity (Wildman–Crippen MR) is 117 cm³/mol. The van der Waals surface area contributed by atoms with Crippen molar-refractivity contribution in [1.29, 1.82) is 0 Å². The zero-order chi connectivity index (χ0) is 21.7. The molecular formula is C23H18BrNO5. The molecule has 0 saturated carbocycles. The maximum Gasteiger partial charge on any atom is 0.352 e. The van der Waals surface area contributed by atoms with Crippen molar-refractivity contribution >= 4 is 33.9 Å². The molecule has 3 N–H and O–H groups in total. The molecule has 0 saturated heterocycles. The van der Waals surface area contributed by atoms with E-state index in [4.69, 9.17) is 4.74 Å². The highest BCUT2D eigenvalue weighted by atomic mass is 79.9. The quantitative estimate of drug-likeness (QED) is 0.437. The van der Waals surface area contributed by atoms with Crippen molar-refractivity contribution in [2.75, 3.05) is 0 Å². The van der Waals surface area contributed by atoms with Crippen LogP contribution in [0, 0.1) is 6.92 Å². The molecule has 3 rings (SSSR count). The summed E-state index contributed by atoms with van der Waals surface area (Å²) in [6.07, 6.45) is 1.35. The lowest BCUT2D eigenvalue weighted by Crippen LogP contribution is -2.27. The molecule has 0 aromatic heterocycles. The number of rotatable bonds is 6. The van der Waals surface area contributed by atoms with Crippen LogP contribution in [-0.4, -0.2) is 22.1 Å². The minimum atomic E-state index is -1.28. The highest BCUT2D eigenvalue weighted by Crippen LogP contribution is 2.29. The van der Waals surface area contributed by atoms with Crippen LogP contribution in [0.2, 0.25) is 0 Å². The molecule has 0 aliphatic rings. The lowest BCUT2D eigenvalue weighted by Gasteiger charge is -2.10. The first kappa shape index (κ1) is 21.1. The predicted octanol–water partition coefficient (Wildman–Crippen LogP) is 5.11. The number of ether oxygens (including phenoxy) is 1. The Bertz CT molecular complexity index is 1120. The van der Waals surface area contributed by atoms with E-state index in [2.05, 4.69) is 21.2 Å². The fourth-order valence-corrected chi connectivity index (χ4v) is 3.03. The van der Waals surface area contributed by atoms with Gasteiger partial charge in [0.25, 0.3) is 5.91 Å². The summed E-state index contributed by atoms with van der Waals surface area (Å²) >= 11 is 3.41. The molecule has 0 aliphatic carbocycles. The topological polar surface area (TPSA) is 95.9 Å².